The minimum absolute atomic E-state index is 0.283. The number of nitrogens with two attached hydrogens (primary N) is 1. The lowest BCUT2D eigenvalue weighted by atomic mass is 10.1. The predicted octanol–water partition coefficient (Wildman–Crippen LogP) is 1.92. The van der Waals surface area contributed by atoms with Crippen molar-refractivity contribution in [1.82, 2.24) is 19.5 Å². The van der Waals surface area contributed by atoms with E-state index < -0.39 is 0 Å². The van der Waals surface area contributed by atoms with Gasteiger partial charge in [-0.2, -0.15) is 0 Å². The maximum absolute atomic E-state index is 5.64. The maximum Gasteiger partial charge on any atom is 0.220 e. The Labute approximate surface area is 104 Å². The molecule has 3 heterocycles. The average molecular weight is 239 g/mol. The van der Waals surface area contributed by atoms with Gasteiger partial charge in [-0.15, -0.1) is 0 Å². The number of aryl methyl sites for hydroxylation is 2. The van der Waals surface area contributed by atoms with Crippen LogP contribution in [0.5, 0.6) is 0 Å². The fourth-order valence-electron chi connectivity index (χ4n) is 2.18. The first-order valence-electron chi connectivity index (χ1n) is 5.66. The third-order valence-electron chi connectivity index (χ3n) is 3.02. The first kappa shape index (κ1) is 10.7. The van der Waals surface area contributed by atoms with Crippen molar-refractivity contribution >= 4 is 17.0 Å². The number of fused-ring (bicyclic) bond motifs is 1. The Hall–Kier alpha value is -2.43. The quantitative estimate of drug-likeness (QED) is 0.704. The van der Waals surface area contributed by atoms with Crippen LogP contribution >= 0.6 is 0 Å². The summed E-state index contributed by atoms with van der Waals surface area (Å²) in [5.41, 5.74) is 9.62. The lowest BCUT2D eigenvalue weighted by Gasteiger charge is -2.01. The van der Waals surface area contributed by atoms with Gasteiger partial charge >= 0.3 is 0 Å². The summed E-state index contributed by atoms with van der Waals surface area (Å²) in [6.45, 7) is 2.07. The number of rotatable bonds is 1. The van der Waals surface area contributed by atoms with E-state index in [1.54, 1.807) is 6.20 Å². The van der Waals surface area contributed by atoms with E-state index >= 15 is 0 Å². The molecule has 90 valence electrons. The van der Waals surface area contributed by atoms with Crippen LogP contribution in [0.3, 0.4) is 0 Å². The summed E-state index contributed by atoms with van der Waals surface area (Å²) in [6, 6.07) is 3.86. The van der Waals surface area contributed by atoms with Crippen LogP contribution in [0.15, 0.2) is 30.7 Å². The molecule has 0 aliphatic carbocycles. The summed E-state index contributed by atoms with van der Waals surface area (Å²) < 4.78 is 2.00. The lowest BCUT2D eigenvalue weighted by molar-refractivity contribution is 0.948. The van der Waals surface area contributed by atoms with E-state index in [0.717, 1.165) is 22.3 Å². The Morgan fingerprint density at radius 1 is 1.17 bits per heavy atom. The third kappa shape index (κ3) is 1.52. The summed E-state index contributed by atoms with van der Waals surface area (Å²) in [7, 11) is 1.98. The van der Waals surface area contributed by atoms with E-state index in [1.165, 1.54) is 5.56 Å². The van der Waals surface area contributed by atoms with Gasteiger partial charge in [0.25, 0.3) is 0 Å². The second-order valence-electron chi connectivity index (χ2n) is 4.28. The van der Waals surface area contributed by atoms with Gasteiger partial charge in [0, 0.05) is 36.6 Å². The zero-order valence-corrected chi connectivity index (χ0v) is 10.3. The molecule has 0 amide bonds. The highest BCUT2D eigenvalue weighted by Gasteiger charge is 2.12. The largest absolute Gasteiger partial charge is 0.368 e. The first-order chi connectivity index (χ1) is 8.66. The van der Waals surface area contributed by atoms with Crippen molar-refractivity contribution in [2.24, 2.45) is 7.05 Å². The van der Waals surface area contributed by atoms with Crippen molar-refractivity contribution in [2.45, 2.75) is 6.92 Å². The van der Waals surface area contributed by atoms with Gasteiger partial charge in [0.2, 0.25) is 5.95 Å². The predicted molar refractivity (Wildman–Crippen MR) is 70.9 cm³/mol. The summed E-state index contributed by atoms with van der Waals surface area (Å²) in [6.07, 6.45) is 5.50. The van der Waals surface area contributed by atoms with Crippen molar-refractivity contribution in [2.75, 3.05) is 5.73 Å². The minimum Gasteiger partial charge on any atom is -0.368 e. The molecule has 0 aliphatic heterocycles. The van der Waals surface area contributed by atoms with E-state index in [-0.39, 0.29) is 5.95 Å². The second-order valence-corrected chi connectivity index (χ2v) is 4.28. The Morgan fingerprint density at radius 2 is 1.94 bits per heavy atom. The Bertz CT molecular complexity index is 729. The number of hydrogen-bond acceptors (Lipinski definition) is 4. The van der Waals surface area contributed by atoms with Crippen molar-refractivity contribution in [3.63, 3.8) is 0 Å². The molecule has 0 atom stereocenters. The van der Waals surface area contributed by atoms with Gasteiger partial charge < -0.3 is 10.3 Å². The van der Waals surface area contributed by atoms with E-state index in [4.69, 9.17) is 5.73 Å². The van der Waals surface area contributed by atoms with Gasteiger partial charge in [-0.05, 0) is 24.6 Å². The molecule has 0 radical (unpaired) electrons. The molecule has 0 aliphatic rings. The molecule has 0 saturated carbocycles. The van der Waals surface area contributed by atoms with Crippen molar-refractivity contribution in [3.05, 3.63) is 36.3 Å². The van der Waals surface area contributed by atoms with Crippen LogP contribution in [0.25, 0.3) is 22.3 Å². The van der Waals surface area contributed by atoms with Crippen LogP contribution in [0.1, 0.15) is 5.56 Å². The molecule has 0 bridgehead atoms. The van der Waals surface area contributed by atoms with Crippen LogP contribution < -0.4 is 5.73 Å². The number of nitrogen functional groups attached to an aromatic ring is 1. The van der Waals surface area contributed by atoms with Gasteiger partial charge in [-0.3, -0.25) is 0 Å². The number of anilines is 1. The maximum atomic E-state index is 5.64. The van der Waals surface area contributed by atoms with Gasteiger partial charge in [0.1, 0.15) is 5.65 Å². The molecule has 0 unspecified atom stereocenters. The summed E-state index contributed by atoms with van der Waals surface area (Å²) in [5, 5.41) is 1.11. The van der Waals surface area contributed by atoms with Gasteiger partial charge in [0.05, 0.1) is 5.69 Å². The molecule has 3 aromatic heterocycles. The lowest BCUT2D eigenvalue weighted by Crippen LogP contribution is -1.95. The zero-order chi connectivity index (χ0) is 12.7. The van der Waals surface area contributed by atoms with E-state index in [2.05, 4.69) is 21.9 Å². The molecule has 5 heteroatoms. The summed E-state index contributed by atoms with van der Waals surface area (Å²) in [5.74, 6) is 0.283. The summed E-state index contributed by atoms with van der Waals surface area (Å²) >= 11 is 0. The topological polar surface area (TPSA) is 69.6 Å². The molecule has 0 aromatic carbocycles. The number of nitrogens with zero attached hydrogens (tertiary/aromatic N) is 4. The van der Waals surface area contributed by atoms with E-state index in [9.17, 15) is 0 Å². The second kappa shape index (κ2) is 3.80. The Balaban J connectivity index is 2.36. The van der Waals surface area contributed by atoms with Gasteiger partial charge in [-0.1, -0.05) is 0 Å². The molecule has 5 nitrogen and oxygen atoms in total. The molecule has 2 N–H and O–H groups in total. The van der Waals surface area contributed by atoms with E-state index in [1.807, 2.05) is 36.1 Å². The van der Waals surface area contributed by atoms with Crippen LogP contribution in [0.2, 0.25) is 0 Å². The fraction of sp³-hybridized carbons (Fsp3) is 0.154. The molecular weight excluding hydrogens is 226 g/mol. The van der Waals surface area contributed by atoms with Gasteiger partial charge in [-0.25, -0.2) is 15.0 Å². The third-order valence-corrected chi connectivity index (χ3v) is 3.02. The fourth-order valence-corrected chi connectivity index (χ4v) is 2.18. The van der Waals surface area contributed by atoms with Crippen LogP contribution in [0.4, 0.5) is 5.95 Å². The van der Waals surface area contributed by atoms with Crippen molar-refractivity contribution < 1.29 is 0 Å². The van der Waals surface area contributed by atoms with E-state index in [0.29, 0.717) is 0 Å². The van der Waals surface area contributed by atoms with Crippen LogP contribution in [-0.2, 0) is 7.05 Å². The monoisotopic (exact) mass is 239 g/mol. The molecule has 0 saturated heterocycles. The number of hydrogen-bond donors (Lipinski definition) is 1. The highest BCUT2D eigenvalue weighted by Crippen LogP contribution is 2.30. The molecule has 3 rings (SSSR count). The van der Waals surface area contributed by atoms with Crippen LogP contribution in [0, 0.1) is 6.92 Å². The normalized spacial score (nSPS) is 11.0. The highest BCUT2D eigenvalue weighted by molar-refractivity contribution is 5.95. The average Bonchev–Trinajstić information content (AvgIpc) is 2.69. The SMILES string of the molecule is Cc1ccnc2c1c(-c1ccnc(N)n1)cn2C. The molecular formula is C13H13N5. The highest BCUT2D eigenvalue weighted by atomic mass is 15.0. The number of aromatic nitrogens is 4. The number of pyridine rings is 1. The molecule has 3 aromatic rings. The van der Waals surface area contributed by atoms with Gasteiger partial charge in [0.15, 0.2) is 0 Å². The molecule has 0 spiro atoms. The molecule has 18 heavy (non-hydrogen) atoms. The zero-order valence-electron chi connectivity index (χ0n) is 10.3. The molecule has 0 fully saturated rings. The summed E-state index contributed by atoms with van der Waals surface area (Å²) in [4.78, 5) is 12.6. The minimum atomic E-state index is 0.283. The Kier molecular flexibility index (Phi) is 2.26. The smallest absolute Gasteiger partial charge is 0.220 e. The van der Waals surface area contributed by atoms with Crippen molar-refractivity contribution in [3.8, 4) is 11.3 Å². The van der Waals surface area contributed by atoms with Crippen LogP contribution in [-0.4, -0.2) is 19.5 Å². The first-order valence-corrected chi connectivity index (χ1v) is 5.66. The Morgan fingerprint density at radius 3 is 2.72 bits per heavy atom. The standard InChI is InChI=1S/C13H13N5/c1-8-3-5-15-12-11(8)9(7-18(12)2)10-4-6-16-13(14)17-10/h3-7H,1-2H3,(H2,14,16,17). The van der Waals surface area contributed by atoms with Crippen molar-refractivity contribution in [1.29, 1.82) is 0 Å².